The molecule has 0 aliphatic carbocycles. The Morgan fingerprint density at radius 1 is 1.27 bits per heavy atom. The van der Waals surface area contributed by atoms with Crippen LogP contribution in [0.3, 0.4) is 0 Å². The van der Waals surface area contributed by atoms with Gasteiger partial charge in [-0.25, -0.2) is 0 Å². The summed E-state index contributed by atoms with van der Waals surface area (Å²) in [6.45, 7) is 1.54. The van der Waals surface area contributed by atoms with E-state index in [9.17, 15) is 4.79 Å². The molecule has 1 aromatic heterocycles. The van der Waals surface area contributed by atoms with E-state index in [4.69, 9.17) is 0 Å². The summed E-state index contributed by atoms with van der Waals surface area (Å²) in [6, 6.07) is 9.69. The van der Waals surface area contributed by atoms with Gasteiger partial charge in [-0.3, -0.25) is 9.78 Å². The third-order valence-electron chi connectivity index (χ3n) is 2.45. The molecule has 1 aromatic carbocycles. The van der Waals surface area contributed by atoms with Crippen LogP contribution in [-0.2, 0) is 4.79 Å². The van der Waals surface area contributed by atoms with Gasteiger partial charge in [-0.15, -0.1) is 0 Å². The Labute approximate surface area is 88.3 Å². The van der Waals surface area contributed by atoms with Crippen molar-refractivity contribution in [2.24, 2.45) is 0 Å². The minimum atomic E-state index is 0.00755. The van der Waals surface area contributed by atoms with Gasteiger partial charge in [0.1, 0.15) is 0 Å². The van der Waals surface area contributed by atoms with Gasteiger partial charge in [0.25, 0.3) is 0 Å². The second-order valence-corrected chi connectivity index (χ2v) is 3.43. The van der Waals surface area contributed by atoms with E-state index in [0.29, 0.717) is 0 Å². The van der Waals surface area contributed by atoms with Gasteiger partial charge in [0.2, 0.25) is 5.91 Å². The van der Waals surface area contributed by atoms with Gasteiger partial charge in [0.05, 0.1) is 11.2 Å². The lowest BCUT2D eigenvalue weighted by Gasteiger charge is -2.16. The lowest BCUT2D eigenvalue weighted by atomic mass is 10.2. The summed E-state index contributed by atoms with van der Waals surface area (Å²) in [5.74, 6) is 0.00755. The minimum absolute atomic E-state index is 0.00755. The van der Waals surface area contributed by atoms with E-state index in [0.717, 1.165) is 16.6 Å². The molecule has 3 nitrogen and oxygen atoms in total. The molecule has 1 amide bonds. The van der Waals surface area contributed by atoms with Crippen LogP contribution in [0.4, 0.5) is 5.69 Å². The first-order chi connectivity index (χ1) is 7.20. The molecular formula is C12H12N2O. The quantitative estimate of drug-likeness (QED) is 0.707. The first kappa shape index (κ1) is 9.65. The zero-order valence-corrected chi connectivity index (χ0v) is 8.77. The topological polar surface area (TPSA) is 33.2 Å². The molecule has 0 fully saturated rings. The maximum absolute atomic E-state index is 11.3. The van der Waals surface area contributed by atoms with E-state index < -0.39 is 0 Å². The highest BCUT2D eigenvalue weighted by Crippen LogP contribution is 2.23. The Bertz CT molecular complexity index is 502. The summed E-state index contributed by atoms with van der Waals surface area (Å²) in [7, 11) is 1.76. The second-order valence-electron chi connectivity index (χ2n) is 3.43. The smallest absolute Gasteiger partial charge is 0.223 e. The molecule has 3 heteroatoms. The van der Waals surface area contributed by atoms with Crippen LogP contribution in [0, 0.1) is 0 Å². The van der Waals surface area contributed by atoms with Crippen molar-refractivity contribution in [3.8, 4) is 0 Å². The zero-order valence-electron chi connectivity index (χ0n) is 8.77. The molecule has 0 radical (unpaired) electrons. The standard InChI is InChI=1S/C12H12N2O/c1-9(15)14(2)11-7-3-5-10-6-4-8-13-12(10)11/h3-8H,1-2H3. The number of para-hydroxylation sites is 1. The van der Waals surface area contributed by atoms with Crippen LogP contribution in [0.2, 0.25) is 0 Å². The van der Waals surface area contributed by atoms with E-state index in [-0.39, 0.29) is 5.91 Å². The number of carbonyl (C=O) groups is 1. The number of nitrogens with zero attached hydrogens (tertiary/aromatic N) is 2. The normalized spacial score (nSPS) is 10.3. The van der Waals surface area contributed by atoms with Crippen LogP contribution in [0.15, 0.2) is 36.5 Å². The van der Waals surface area contributed by atoms with Crippen molar-refractivity contribution < 1.29 is 4.79 Å². The van der Waals surface area contributed by atoms with Crippen molar-refractivity contribution in [2.75, 3.05) is 11.9 Å². The fourth-order valence-corrected chi connectivity index (χ4v) is 1.53. The second kappa shape index (κ2) is 3.69. The number of amides is 1. The molecule has 2 rings (SSSR count). The maximum atomic E-state index is 11.3. The van der Waals surface area contributed by atoms with Crippen molar-refractivity contribution >= 4 is 22.5 Å². The number of hydrogen-bond donors (Lipinski definition) is 0. The molecule has 0 aliphatic heterocycles. The van der Waals surface area contributed by atoms with Crippen molar-refractivity contribution in [1.82, 2.24) is 4.98 Å². The predicted octanol–water partition coefficient (Wildman–Crippen LogP) is 2.22. The molecule has 0 N–H and O–H groups in total. The fraction of sp³-hybridized carbons (Fsp3) is 0.167. The number of rotatable bonds is 1. The molecule has 0 atom stereocenters. The molecule has 0 aliphatic rings. The summed E-state index contributed by atoms with van der Waals surface area (Å²) in [5, 5.41) is 1.04. The minimum Gasteiger partial charge on any atom is -0.314 e. The molecule has 0 spiro atoms. The zero-order chi connectivity index (χ0) is 10.8. The fourth-order valence-electron chi connectivity index (χ4n) is 1.53. The number of anilines is 1. The van der Waals surface area contributed by atoms with Crippen LogP contribution in [-0.4, -0.2) is 17.9 Å². The average molecular weight is 200 g/mol. The highest BCUT2D eigenvalue weighted by atomic mass is 16.2. The first-order valence-electron chi connectivity index (χ1n) is 4.78. The number of fused-ring (bicyclic) bond motifs is 1. The molecule has 1 heterocycles. The van der Waals surface area contributed by atoms with Gasteiger partial charge < -0.3 is 4.90 Å². The van der Waals surface area contributed by atoms with Crippen LogP contribution in [0.1, 0.15) is 6.92 Å². The van der Waals surface area contributed by atoms with Gasteiger partial charge >= 0.3 is 0 Å². The van der Waals surface area contributed by atoms with Crippen molar-refractivity contribution in [3.63, 3.8) is 0 Å². The van der Waals surface area contributed by atoms with Crippen LogP contribution >= 0.6 is 0 Å². The molecule has 0 unspecified atom stereocenters. The van der Waals surface area contributed by atoms with E-state index in [1.807, 2.05) is 30.3 Å². The van der Waals surface area contributed by atoms with E-state index in [1.54, 1.807) is 25.1 Å². The molecule has 2 aromatic rings. The third kappa shape index (κ3) is 1.68. The molecule has 0 saturated carbocycles. The summed E-state index contributed by atoms with van der Waals surface area (Å²) in [5.41, 5.74) is 1.71. The Balaban J connectivity index is 2.65. The summed E-state index contributed by atoms with van der Waals surface area (Å²) >= 11 is 0. The SMILES string of the molecule is CC(=O)N(C)c1cccc2cccnc12. The van der Waals surface area contributed by atoms with Crippen molar-refractivity contribution in [3.05, 3.63) is 36.5 Å². The third-order valence-corrected chi connectivity index (χ3v) is 2.45. The number of benzene rings is 1. The van der Waals surface area contributed by atoms with Crippen molar-refractivity contribution in [1.29, 1.82) is 0 Å². The van der Waals surface area contributed by atoms with Gasteiger partial charge in [0, 0.05) is 25.6 Å². The maximum Gasteiger partial charge on any atom is 0.223 e. The Kier molecular flexibility index (Phi) is 2.37. The lowest BCUT2D eigenvalue weighted by molar-refractivity contribution is -0.116. The Hall–Kier alpha value is -1.90. The predicted molar refractivity (Wildman–Crippen MR) is 60.8 cm³/mol. The van der Waals surface area contributed by atoms with Crippen LogP contribution in [0.25, 0.3) is 10.9 Å². The lowest BCUT2D eigenvalue weighted by Crippen LogP contribution is -2.23. The van der Waals surface area contributed by atoms with Crippen molar-refractivity contribution in [2.45, 2.75) is 6.92 Å². The van der Waals surface area contributed by atoms with Gasteiger partial charge in [-0.1, -0.05) is 18.2 Å². The largest absolute Gasteiger partial charge is 0.314 e. The summed E-state index contributed by atoms with van der Waals surface area (Å²) in [4.78, 5) is 17.2. The highest BCUT2D eigenvalue weighted by molar-refractivity contribution is 6.00. The molecule has 0 saturated heterocycles. The molecule has 15 heavy (non-hydrogen) atoms. The molecular weight excluding hydrogens is 188 g/mol. The van der Waals surface area contributed by atoms with Gasteiger partial charge in [-0.05, 0) is 12.1 Å². The summed E-state index contributed by atoms with van der Waals surface area (Å²) in [6.07, 6.45) is 1.74. The van der Waals surface area contributed by atoms with E-state index >= 15 is 0 Å². The average Bonchev–Trinajstić information content (AvgIpc) is 2.27. The van der Waals surface area contributed by atoms with E-state index in [2.05, 4.69) is 4.98 Å². The molecule has 76 valence electrons. The number of hydrogen-bond acceptors (Lipinski definition) is 2. The Morgan fingerprint density at radius 3 is 2.73 bits per heavy atom. The molecule has 0 bridgehead atoms. The van der Waals surface area contributed by atoms with E-state index in [1.165, 1.54) is 0 Å². The van der Waals surface area contributed by atoms with Gasteiger partial charge in [0.15, 0.2) is 0 Å². The number of pyridine rings is 1. The first-order valence-corrected chi connectivity index (χ1v) is 4.78. The monoisotopic (exact) mass is 200 g/mol. The number of aromatic nitrogens is 1. The number of carbonyl (C=O) groups excluding carboxylic acids is 1. The Morgan fingerprint density at radius 2 is 2.00 bits per heavy atom. The van der Waals surface area contributed by atoms with Crippen LogP contribution < -0.4 is 4.90 Å². The summed E-state index contributed by atoms with van der Waals surface area (Å²) < 4.78 is 0. The highest BCUT2D eigenvalue weighted by Gasteiger charge is 2.09. The van der Waals surface area contributed by atoms with Crippen LogP contribution in [0.5, 0.6) is 0 Å². The van der Waals surface area contributed by atoms with Gasteiger partial charge in [-0.2, -0.15) is 0 Å².